The molecule has 1 N–H and O–H groups in total. The van der Waals surface area contributed by atoms with Crippen LogP contribution in [0.15, 0.2) is 6.07 Å². The first-order valence-electron chi connectivity index (χ1n) is 3.74. The van der Waals surface area contributed by atoms with E-state index in [1.54, 1.807) is 0 Å². The van der Waals surface area contributed by atoms with E-state index in [1.807, 2.05) is 0 Å². The van der Waals surface area contributed by atoms with Crippen molar-refractivity contribution in [1.29, 1.82) is 0 Å². The smallest absolute Gasteiger partial charge is 0.340 e. The van der Waals surface area contributed by atoms with Gasteiger partial charge in [0.05, 0.1) is 0 Å². The SMILES string of the molecule is O=C(O)c1c(CCl)cc(C(F)F)nc1F. The fraction of sp³-hybridized carbons (Fsp3) is 0.250. The average molecular weight is 240 g/mol. The van der Waals surface area contributed by atoms with Crippen LogP contribution in [0.4, 0.5) is 13.2 Å². The molecule has 0 aliphatic heterocycles. The quantitative estimate of drug-likeness (QED) is 0.652. The number of nitrogens with zero attached hydrogens (tertiary/aromatic N) is 1. The van der Waals surface area contributed by atoms with Gasteiger partial charge < -0.3 is 5.11 Å². The number of hydrogen-bond donors (Lipinski definition) is 1. The van der Waals surface area contributed by atoms with E-state index in [4.69, 9.17) is 16.7 Å². The molecular weight excluding hydrogens is 235 g/mol. The summed E-state index contributed by atoms with van der Waals surface area (Å²) in [6.45, 7) is 0. The van der Waals surface area contributed by atoms with Gasteiger partial charge in [-0.3, -0.25) is 0 Å². The number of alkyl halides is 3. The van der Waals surface area contributed by atoms with Crippen molar-refractivity contribution in [3.05, 3.63) is 28.8 Å². The second kappa shape index (κ2) is 4.48. The summed E-state index contributed by atoms with van der Waals surface area (Å²) in [6.07, 6.45) is -2.97. The van der Waals surface area contributed by atoms with Crippen LogP contribution < -0.4 is 0 Å². The largest absolute Gasteiger partial charge is 0.478 e. The molecule has 0 amide bonds. The first kappa shape index (κ1) is 11.8. The maximum absolute atomic E-state index is 13.0. The van der Waals surface area contributed by atoms with Crippen molar-refractivity contribution in [1.82, 2.24) is 4.98 Å². The van der Waals surface area contributed by atoms with Gasteiger partial charge in [0.2, 0.25) is 5.95 Å². The van der Waals surface area contributed by atoms with Crippen LogP contribution in [-0.4, -0.2) is 16.1 Å². The average Bonchev–Trinajstić information content (AvgIpc) is 2.15. The molecule has 0 atom stereocenters. The summed E-state index contributed by atoms with van der Waals surface area (Å²) in [5.41, 5.74) is -1.81. The van der Waals surface area contributed by atoms with E-state index < -0.39 is 29.6 Å². The Kier molecular flexibility index (Phi) is 3.52. The minimum absolute atomic E-state index is 0.216. The normalized spacial score (nSPS) is 10.7. The molecule has 0 spiro atoms. The number of halogens is 4. The van der Waals surface area contributed by atoms with Gasteiger partial charge in [-0.2, -0.15) is 4.39 Å². The van der Waals surface area contributed by atoms with Gasteiger partial charge in [-0.05, 0) is 11.6 Å². The number of pyridine rings is 1. The van der Waals surface area contributed by atoms with Crippen LogP contribution in [0.25, 0.3) is 0 Å². The lowest BCUT2D eigenvalue weighted by molar-refractivity contribution is 0.0688. The number of carboxylic acids is 1. The number of aromatic carboxylic acids is 1. The molecule has 3 nitrogen and oxygen atoms in total. The number of rotatable bonds is 3. The van der Waals surface area contributed by atoms with Gasteiger partial charge in [-0.1, -0.05) is 0 Å². The Bertz CT molecular complexity index is 398. The van der Waals surface area contributed by atoms with Gasteiger partial charge in [0, 0.05) is 5.88 Å². The van der Waals surface area contributed by atoms with Gasteiger partial charge in [0.1, 0.15) is 11.3 Å². The van der Waals surface area contributed by atoms with Crippen LogP contribution in [0.1, 0.15) is 28.0 Å². The van der Waals surface area contributed by atoms with Gasteiger partial charge in [-0.15, -0.1) is 11.6 Å². The molecule has 1 rings (SSSR count). The molecule has 0 fully saturated rings. The highest BCUT2D eigenvalue weighted by Gasteiger charge is 2.21. The highest BCUT2D eigenvalue weighted by atomic mass is 35.5. The molecule has 0 saturated carbocycles. The fourth-order valence-electron chi connectivity index (χ4n) is 1.03. The number of aromatic nitrogens is 1. The van der Waals surface area contributed by atoms with Crippen molar-refractivity contribution in [3.8, 4) is 0 Å². The summed E-state index contributed by atoms with van der Waals surface area (Å²) in [5.74, 6) is -3.41. The highest BCUT2D eigenvalue weighted by Crippen LogP contribution is 2.22. The summed E-state index contributed by atoms with van der Waals surface area (Å²) in [4.78, 5) is 13.4. The van der Waals surface area contributed by atoms with E-state index in [-0.39, 0.29) is 11.4 Å². The van der Waals surface area contributed by atoms with Crippen molar-refractivity contribution in [3.63, 3.8) is 0 Å². The van der Waals surface area contributed by atoms with E-state index in [2.05, 4.69) is 4.98 Å². The molecule has 1 heterocycles. The summed E-state index contributed by atoms with van der Waals surface area (Å²) in [5, 5.41) is 8.58. The fourth-order valence-corrected chi connectivity index (χ4v) is 1.24. The van der Waals surface area contributed by atoms with Crippen molar-refractivity contribution in [2.45, 2.75) is 12.3 Å². The Hall–Kier alpha value is -1.30. The van der Waals surface area contributed by atoms with E-state index in [0.29, 0.717) is 0 Å². The third-order valence-corrected chi connectivity index (χ3v) is 1.95. The van der Waals surface area contributed by atoms with Crippen LogP contribution in [0.5, 0.6) is 0 Å². The molecular formula is C8H5ClF3NO2. The summed E-state index contributed by atoms with van der Waals surface area (Å²) in [6, 6.07) is 0.782. The summed E-state index contributed by atoms with van der Waals surface area (Å²) in [7, 11) is 0. The summed E-state index contributed by atoms with van der Waals surface area (Å²) < 4.78 is 37.4. The molecule has 0 aliphatic rings. The molecule has 1 aromatic rings. The second-order valence-corrected chi connectivity index (χ2v) is 2.88. The predicted molar refractivity (Wildman–Crippen MR) is 45.7 cm³/mol. The van der Waals surface area contributed by atoms with Crippen molar-refractivity contribution in [2.24, 2.45) is 0 Å². The van der Waals surface area contributed by atoms with Crippen molar-refractivity contribution < 1.29 is 23.1 Å². The Morgan fingerprint density at radius 3 is 2.60 bits per heavy atom. The number of hydrogen-bond acceptors (Lipinski definition) is 2. The first-order valence-corrected chi connectivity index (χ1v) is 4.27. The van der Waals surface area contributed by atoms with E-state index >= 15 is 0 Å². The first-order chi connectivity index (χ1) is 6.97. The topological polar surface area (TPSA) is 50.2 Å². The van der Waals surface area contributed by atoms with Gasteiger partial charge in [0.25, 0.3) is 6.43 Å². The minimum atomic E-state index is -2.97. The van der Waals surface area contributed by atoms with Crippen molar-refractivity contribution in [2.75, 3.05) is 0 Å². The molecule has 1 aromatic heterocycles. The van der Waals surface area contributed by atoms with Crippen LogP contribution in [0.2, 0.25) is 0 Å². The zero-order chi connectivity index (χ0) is 11.6. The van der Waals surface area contributed by atoms with E-state index in [1.165, 1.54) is 0 Å². The lowest BCUT2D eigenvalue weighted by Crippen LogP contribution is -2.09. The standard InChI is InChI=1S/C8H5ClF3NO2/c9-2-3-1-4(6(10)11)13-7(12)5(3)8(14)15/h1,6H,2H2,(H,14,15). The van der Waals surface area contributed by atoms with E-state index in [0.717, 1.165) is 6.07 Å². The van der Waals surface area contributed by atoms with Crippen LogP contribution in [-0.2, 0) is 5.88 Å². The molecule has 82 valence electrons. The van der Waals surface area contributed by atoms with Crippen LogP contribution in [0, 0.1) is 5.95 Å². The Labute approximate surface area is 87.5 Å². The lowest BCUT2D eigenvalue weighted by atomic mass is 10.1. The van der Waals surface area contributed by atoms with E-state index in [9.17, 15) is 18.0 Å². The number of carbonyl (C=O) groups is 1. The molecule has 0 bridgehead atoms. The molecule has 0 aromatic carbocycles. The monoisotopic (exact) mass is 239 g/mol. The van der Waals surface area contributed by atoms with Crippen molar-refractivity contribution >= 4 is 17.6 Å². The molecule has 0 radical (unpaired) electrons. The van der Waals surface area contributed by atoms with Gasteiger partial charge >= 0.3 is 5.97 Å². The maximum Gasteiger partial charge on any atom is 0.340 e. The molecule has 7 heteroatoms. The predicted octanol–water partition coefficient (Wildman–Crippen LogP) is 2.60. The third kappa shape index (κ3) is 2.38. The molecule has 0 aliphatic carbocycles. The van der Waals surface area contributed by atoms with Gasteiger partial charge in [-0.25, -0.2) is 18.6 Å². The molecule has 0 unspecified atom stereocenters. The molecule has 15 heavy (non-hydrogen) atoms. The zero-order valence-corrected chi connectivity index (χ0v) is 7.93. The Morgan fingerprint density at radius 1 is 1.60 bits per heavy atom. The zero-order valence-electron chi connectivity index (χ0n) is 7.18. The highest BCUT2D eigenvalue weighted by molar-refractivity contribution is 6.17. The molecule has 0 saturated heterocycles. The number of carboxylic acid groups (broad SMARTS) is 1. The summed E-state index contributed by atoms with van der Waals surface area (Å²) >= 11 is 5.32. The minimum Gasteiger partial charge on any atom is -0.478 e. The van der Waals surface area contributed by atoms with Crippen LogP contribution >= 0.6 is 11.6 Å². The third-order valence-electron chi connectivity index (χ3n) is 1.66. The second-order valence-electron chi connectivity index (χ2n) is 2.61. The maximum atomic E-state index is 13.0. The Morgan fingerprint density at radius 2 is 2.20 bits per heavy atom. The van der Waals surface area contributed by atoms with Gasteiger partial charge in [0.15, 0.2) is 0 Å². The lowest BCUT2D eigenvalue weighted by Gasteiger charge is -2.06. The van der Waals surface area contributed by atoms with Crippen LogP contribution in [0.3, 0.4) is 0 Å². The Balaban J connectivity index is 3.37.